The molecule has 2 heteroatoms. The van der Waals surface area contributed by atoms with Gasteiger partial charge in [0.2, 0.25) is 0 Å². The molecule has 1 aliphatic carbocycles. The summed E-state index contributed by atoms with van der Waals surface area (Å²) in [6.45, 7) is 1.52. The summed E-state index contributed by atoms with van der Waals surface area (Å²) in [5.41, 5.74) is 2.88. The molecular weight excluding hydrogens is 236 g/mol. The van der Waals surface area contributed by atoms with Crippen LogP contribution in [0.5, 0.6) is 0 Å². The van der Waals surface area contributed by atoms with E-state index in [4.69, 9.17) is 4.74 Å². The maximum atomic E-state index is 12.4. The van der Waals surface area contributed by atoms with Crippen LogP contribution in [0.4, 0.5) is 0 Å². The molecule has 0 saturated carbocycles. The lowest BCUT2D eigenvalue weighted by atomic mass is 9.78. The van der Waals surface area contributed by atoms with Gasteiger partial charge in [0.1, 0.15) is 5.78 Å². The van der Waals surface area contributed by atoms with Crippen molar-refractivity contribution >= 4 is 5.78 Å². The summed E-state index contributed by atoms with van der Waals surface area (Å²) in [6, 6.07) is 8.66. The monoisotopic (exact) mass is 258 g/mol. The number of rotatable bonds is 3. The van der Waals surface area contributed by atoms with Crippen molar-refractivity contribution in [3.8, 4) is 0 Å². The fourth-order valence-electron chi connectivity index (χ4n) is 3.50. The SMILES string of the molecule is O=C(CC1CCCc2ccccc21)C1CCOCC1. The van der Waals surface area contributed by atoms with E-state index in [1.807, 2.05) is 0 Å². The number of carbonyl (C=O) groups excluding carboxylic acids is 1. The maximum Gasteiger partial charge on any atom is 0.136 e. The van der Waals surface area contributed by atoms with Crippen LogP contribution >= 0.6 is 0 Å². The second-order valence-electron chi connectivity index (χ2n) is 5.85. The number of carbonyl (C=O) groups is 1. The number of hydrogen-bond donors (Lipinski definition) is 0. The second kappa shape index (κ2) is 5.87. The van der Waals surface area contributed by atoms with Crippen LogP contribution in [0.25, 0.3) is 0 Å². The molecular formula is C17H22O2. The Morgan fingerprint density at radius 3 is 2.79 bits per heavy atom. The topological polar surface area (TPSA) is 26.3 Å². The van der Waals surface area contributed by atoms with Gasteiger partial charge in [-0.25, -0.2) is 0 Å². The summed E-state index contributed by atoms with van der Waals surface area (Å²) in [6.07, 6.45) is 6.16. The van der Waals surface area contributed by atoms with Crippen LogP contribution in [0, 0.1) is 5.92 Å². The van der Waals surface area contributed by atoms with E-state index in [1.54, 1.807) is 0 Å². The van der Waals surface area contributed by atoms with Gasteiger partial charge in [-0.15, -0.1) is 0 Å². The molecule has 2 aliphatic rings. The average Bonchev–Trinajstić information content (AvgIpc) is 2.48. The molecule has 0 radical (unpaired) electrons. The fourth-order valence-corrected chi connectivity index (χ4v) is 3.50. The lowest BCUT2D eigenvalue weighted by Gasteiger charge is -2.27. The molecule has 0 amide bonds. The van der Waals surface area contributed by atoms with Crippen LogP contribution in [-0.2, 0) is 16.0 Å². The number of hydrogen-bond acceptors (Lipinski definition) is 2. The zero-order valence-corrected chi connectivity index (χ0v) is 11.4. The Kier molecular flexibility index (Phi) is 3.97. The first-order valence-electron chi connectivity index (χ1n) is 7.53. The van der Waals surface area contributed by atoms with Crippen molar-refractivity contribution in [3.63, 3.8) is 0 Å². The highest BCUT2D eigenvalue weighted by molar-refractivity contribution is 5.82. The standard InChI is InChI=1S/C17H22O2/c18-17(14-8-10-19-11-9-14)12-15-6-3-5-13-4-1-2-7-16(13)15/h1-2,4,7,14-15H,3,5-6,8-12H2. The number of ketones is 1. The van der Waals surface area contributed by atoms with Gasteiger partial charge < -0.3 is 4.74 Å². The smallest absolute Gasteiger partial charge is 0.136 e. The van der Waals surface area contributed by atoms with Gasteiger partial charge in [0.05, 0.1) is 0 Å². The van der Waals surface area contributed by atoms with Crippen molar-refractivity contribution in [3.05, 3.63) is 35.4 Å². The average molecular weight is 258 g/mol. The molecule has 102 valence electrons. The van der Waals surface area contributed by atoms with Gasteiger partial charge in [-0.05, 0) is 49.1 Å². The first kappa shape index (κ1) is 12.9. The Balaban J connectivity index is 1.68. The summed E-state index contributed by atoms with van der Waals surface area (Å²) < 4.78 is 5.34. The van der Waals surface area contributed by atoms with E-state index in [0.29, 0.717) is 11.7 Å². The molecule has 1 aliphatic heterocycles. The number of fused-ring (bicyclic) bond motifs is 1. The quantitative estimate of drug-likeness (QED) is 0.829. The molecule has 1 aromatic rings. The molecule has 1 unspecified atom stereocenters. The summed E-state index contributed by atoms with van der Waals surface area (Å²) in [5.74, 6) is 1.17. The molecule has 1 saturated heterocycles. The van der Waals surface area contributed by atoms with Crippen molar-refractivity contribution in [1.29, 1.82) is 0 Å². The first-order valence-corrected chi connectivity index (χ1v) is 7.53. The molecule has 1 atom stereocenters. The van der Waals surface area contributed by atoms with E-state index in [0.717, 1.165) is 32.5 Å². The molecule has 19 heavy (non-hydrogen) atoms. The Bertz CT molecular complexity index is 446. The first-order chi connectivity index (χ1) is 9.34. The molecule has 3 rings (SSSR count). The van der Waals surface area contributed by atoms with Gasteiger partial charge in [-0.3, -0.25) is 4.79 Å². The van der Waals surface area contributed by atoms with Crippen molar-refractivity contribution in [2.75, 3.05) is 13.2 Å². The van der Waals surface area contributed by atoms with Gasteiger partial charge in [0.15, 0.2) is 0 Å². The second-order valence-corrected chi connectivity index (χ2v) is 5.85. The highest BCUT2D eigenvalue weighted by Crippen LogP contribution is 2.35. The van der Waals surface area contributed by atoms with Crippen LogP contribution in [0.3, 0.4) is 0 Å². The summed E-state index contributed by atoms with van der Waals surface area (Å²) >= 11 is 0. The third-order valence-electron chi connectivity index (χ3n) is 4.62. The summed E-state index contributed by atoms with van der Waals surface area (Å²) in [5, 5.41) is 0. The minimum absolute atomic E-state index is 0.253. The zero-order chi connectivity index (χ0) is 13.1. The number of Topliss-reactive ketones (excluding diaryl/α,β-unsaturated/α-hetero) is 1. The Hall–Kier alpha value is -1.15. The van der Waals surface area contributed by atoms with E-state index in [1.165, 1.54) is 30.4 Å². The number of aryl methyl sites for hydroxylation is 1. The van der Waals surface area contributed by atoms with E-state index < -0.39 is 0 Å². The molecule has 1 aromatic carbocycles. The summed E-state index contributed by atoms with van der Waals surface area (Å²) in [4.78, 5) is 12.4. The highest BCUT2D eigenvalue weighted by Gasteiger charge is 2.27. The zero-order valence-electron chi connectivity index (χ0n) is 11.4. The van der Waals surface area contributed by atoms with E-state index >= 15 is 0 Å². The van der Waals surface area contributed by atoms with Gasteiger partial charge in [-0.2, -0.15) is 0 Å². The van der Waals surface area contributed by atoms with Crippen molar-refractivity contribution in [2.45, 2.75) is 44.4 Å². The van der Waals surface area contributed by atoms with E-state index in [2.05, 4.69) is 24.3 Å². The highest BCUT2D eigenvalue weighted by atomic mass is 16.5. The third kappa shape index (κ3) is 2.89. The Morgan fingerprint density at radius 2 is 1.95 bits per heavy atom. The third-order valence-corrected chi connectivity index (χ3v) is 4.62. The number of ether oxygens (including phenoxy) is 1. The molecule has 1 fully saturated rings. The minimum Gasteiger partial charge on any atom is -0.381 e. The summed E-state index contributed by atoms with van der Waals surface area (Å²) in [7, 11) is 0. The lowest BCUT2D eigenvalue weighted by Crippen LogP contribution is -2.25. The Morgan fingerprint density at radius 1 is 1.16 bits per heavy atom. The van der Waals surface area contributed by atoms with E-state index in [9.17, 15) is 4.79 Å². The van der Waals surface area contributed by atoms with Gasteiger partial charge in [0.25, 0.3) is 0 Å². The predicted octanol–water partition coefficient (Wildman–Crippen LogP) is 3.49. The van der Waals surface area contributed by atoms with Gasteiger partial charge in [0, 0.05) is 25.6 Å². The molecule has 2 nitrogen and oxygen atoms in total. The normalized spacial score (nSPS) is 23.9. The van der Waals surface area contributed by atoms with Crippen molar-refractivity contribution in [2.24, 2.45) is 5.92 Å². The largest absolute Gasteiger partial charge is 0.381 e. The van der Waals surface area contributed by atoms with E-state index in [-0.39, 0.29) is 5.92 Å². The van der Waals surface area contributed by atoms with Crippen LogP contribution in [-0.4, -0.2) is 19.0 Å². The van der Waals surface area contributed by atoms with Gasteiger partial charge in [-0.1, -0.05) is 24.3 Å². The Labute approximate surface area is 115 Å². The predicted molar refractivity (Wildman–Crippen MR) is 75.3 cm³/mol. The van der Waals surface area contributed by atoms with Crippen LogP contribution < -0.4 is 0 Å². The number of benzene rings is 1. The molecule has 1 heterocycles. The van der Waals surface area contributed by atoms with Crippen molar-refractivity contribution < 1.29 is 9.53 Å². The van der Waals surface area contributed by atoms with Crippen LogP contribution in [0.1, 0.15) is 49.1 Å². The van der Waals surface area contributed by atoms with Gasteiger partial charge >= 0.3 is 0 Å². The molecule has 0 spiro atoms. The fraction of sp³-hybridized carbons (Fsp3) is 0.588. The molecule has 0 aromatic heterocycles. The van der Waals surface area contributed by atoms with Crippen LogP contribution in [0.2, 0.25) is 0 Å². The van der Waals surface area contributed by atoms with Crippen molar-refractivity contribution in [1.82, 2.24) is 0 Å². The lowest BCUT2D eigenvalue weighted by molar-refractivity contribution is -0.126. The van der Waals surface area contributed by atoms with Crippen LogP contribution in [0.15, 0.2) is 24.3 Å². The molecule has 0 N–H and O–H groups in total. The maximum absolute atomic E-state index is 12.4. The minimum atomic E-state index is 0.253. The molecule has 0 bridgehead atoms.